The Morgan fingerprint density at radius 2 is 1.72 bits per heavy atom. The lowest BCUT2D eigenvalue weighted by Crippen LogP contribution is -2.37. The Hall–Kier alpha value is -3.08. The lowest BCUT2D eigenvalue weighted by atomic mass is 10.1. The van der Waals surface area contributed by atoms with Crippen molar-refractivity contribution >= 4 is 43.2 Å². The maximum atomic E-state index is 13.3. The van der Waals surface area contributed by atoms with Crippen molar-refractivity contribution in [2.45, 2.75) is 18.4 Å². The number of amides is 1. The summed E-state index contributed by atoms with van der Waals surface area (Å²) in [6.07, 6.45) is 0. The van der Waals surface area contributed by atoms with Crippen molar-refractivity contribution < 1.29 is 18.1 Å². The minimum Gasteiger partial charge on any atom is -0.325 e. The van der Waals surface area contributed by atoms with Crippen LogP contribution in [0.5, 0.6) is 0 Å². The summed E-state index contributed by atoms with van der Waals surface area (Å²) in [6.45, 7) is 1.45. The zero-order chi connectivity index (χ0) is 23.3. The van der Waals surface area contributed by atoms with Crippen molar-refractivity contribution in [3.05, 3.63) is 98.5 Å². The number of nitro groups is 1. The number of rotatable bonds is 8. The number of halogens is 1. The monoisotopic (exact) mass is 517 g/mol. The van der Waals surface area contributed by atoms with E-state index < -0.39 is 27.4 Å². The van der Waals surface area contributed by atoms with Gasteiger partial charge in [-0.15, -0.1) is 0 Å². The van der Waals surface area contributed by atoms with E-state index in [9.17, 15) is 23.3 Å². The third-order valence-electron chi connectivity index (χ3n) is 4.59. The van der Waals surface area contributed by atoms with Gasteiger partial charge in [0, 0.05) is 28.8 Å². The van der Waals surface area contributed by atoms with Gasteiger partial charge in [0.05, 0.1) is 16.4 Å². The van der Waals surface area contributed by atoms with Crippen LogP contribution in [-0.2, 0) is 21.4 Å². The molecule has 0 bridgehead atoms. The number of hydrogen-bond acceptors (Lipinski definition) is 5. The molecule has 0 fully saturated rings. The van der Waals surface area contributed by atoms with E-state index in [2.05, 4.69) is 21.2 Å². The number of non-ortho nitro benzene ring substituents is 1. The van der Waals surface area contributed by atoms with Gasteiger partial charge in [-0.3, -0.25) is 14.9 Å². The standard InChI is InChI=1S/C22H20BrN3O5S/c1-16-5-7-17(8-6-16)14-25(32(30,31)21-11-9-18(23)10-12-21)15-22(27)24-19-3-2-4-20(13-19)26(28)29/h2-13H,14-15H2,1H3,(H,24,27). The first-order chi connectivity index (χ1) is 15.1. The van der Waals surface area contributed by atoms with Crippen molar-refractivity contribution in [3.63, 3.8) is 0 Å². The molecule has 0 spiro atoms. The number of nitrogens with one attached hydrogen (secondary N) is 1. The fourth-order valence-electron chi connectivity index (χ4n) is 2.94. The Balaban J connectivity index is 1.87. The van der Waals surface area contributed by atoms with Crippen LogP contribution in [0, 0.1) is 17.0 Å². The fourth-order valence-corrected chi connectivity index (χ4v) is 4.59. The molecule has 0 atom stereocenters. The summed E-state index contributed by atoms with van der Waals surface area (Å²) in [7, 11) is -3.99. The lowest BCUT2D eigenvalue weighted by molar-refractivity contribution is -0.384. The molecule has 8 nitrogen and oxygen atoms in total. The number of aryl methyl sites for hydroxylation is 1. The van der Waals surface area contributed by atoms with Gasteiger partial charge >= 0.3 is 0 Å². The molecule has 32 heavy (non-hydrogen) atoms. The summed E-state index contributed by atoms with van der Waals surface area (Å²) in [5.74, 6) is -0.613. The largest absolute Gasteiger partial charge is 0.325 e. The van der Waals surface area contributed by atoms with Crippen LogP contribution in [0.4, 0.5) is 11.4 Å². The van der Waals surface area contributed by atoms with E-state index >= 15 is 0 Å². The number of benzene rings is 3. The Kier molecular flexibility index (Phi) is 7.39. The quantitative estimate of drug-likeness (QED) is 0.349. The summed E-state index contributed by atoms with van der Waals surface area (Å²) in [5.41, 5.74) is 1.78. The zero-order valence-corrected chi connectivity index (χ0v) is 19.5. The predicted octanol–water partition coefficient (Wildman–Crippen LogP) is 4.50. The average Bonchev–Trinajstić information content (AvgIpc) is 2.75. The summed E-state index contributed by atoms with van der Waals surface area (Å²) >= 11 is 3.28. The molecular weight excluding hydrogens is 498 g/mol. The summed E-state index contributed by atoms with van der Waals surface area (Å²) < 4.78 is 28.4. The van der Waals surface area contributed by atoms with Gasteiger partial charge in [-0.25, -0.2) is 8.42 Å². The minimum absolute atomic E-state index is 0.0129. The van der Waals surface area contributed by atoms with Gasteiger partial charge in [0.25, 0.3) is 5.69 Å². The Morgan fingerprint density at radius 3 is 2.34 bits per heavy atom. The number of carbonyl (C=O) groups is 1. The van der Waals surface area contributed by atoms with E-state index in [0.717, 1.165) is 19.9 Å². The molecule has 0 saturated carbocycles. The second-order valence-electron chi connectivity index (χ2n) is 7.07. The van der Waals surface area contributed by atoms with Crippen LogP contribution < -0.4 is 5.32 Å². The summed E-state index contributed by atoms with van der Waals surface area (Å²) in [6, 6.07) is 18.9. The first-order valence-electron chi connectivity index (χ1n) is 9.51. The van der Waals surface area contributed by atoms with Crippen LogP contribution >= 0.6 is 15.9 Å². The van der Waals surface area contributed by atoms with Crippen molar-refractivity contribution in [1.82, 2.24) is 4.31 Å². The van der Waals surface area contributed by atoms with E-state index in [-0.39, 0.29) is 22.8 Å². The SMILES string of the molecule is Cc1ccc(CN(CC(=O)Nc2cccc([N+](=O)[O-])c2)S(=O)(=O)c2ccc(Br)cc2)cc1. The molecule has 0 saturated heterocycles. The average molecular weight is 518 g/mol. The highest BCUT2D eigenvalue weighted by Crippen LogP contribution is 2.22. The molecule has 0 unspecified atom stereocenters. The molecule has 0 aromatic heterocycles. The van der Waals surface area contributed by atoms with Crippen LogP contribution in [-0.4, -0.2) is 30.1 Å². The molecule has 1 N–H and O–H groups in total. The van der Waals surface area contributed by atoms with E-state index in [1.54, 1.807) is 24.3 Å². The summed E-state index contributed by atoms with van der Waals surface area (Å²) in [4.78, 5) is 23.1. The van der Waals surface area contributed by atoms with Gasteiger partial charge in [0.15, 0.2) is 0 Å². The van der Waals surface area contributed by atoms with Crippen molar-refractivity contribution in [3.8, 4) is 0 Å². The van der Waals surface area contributed by atoms with Crippen LogP contribution in [0.15, 0.2) is 82.2 Å². The molecule has 166 valence electrons. The molecule has 0 radical (unpaired) electrons. The number of nitrogens with zero attached hydrogens (tertiary/aromatic N) is 2. The smallest absolute Gasteiger partial charge is 0.271 e. The van der Waals surface area contributed by atoms with E-state index in [1.807, 2.05) is 19.1 Å². The molecule has 3 rings (SSSR count). The molecular formula is C22H20BrN3O5S. The molecule has 3 aromatic rings. The molecule has 0 aliphatic heterocycles. The number of nitro benzene ring substituents is 1. The van der Waals surface area contributed by atoms with E-state index in [1.165, 1.54) is 36.4 Å². The highest BCUT2D eigenvalue weighted by atomic mass is 79.9. The molecule has 0 aliphatic rings. The van der Waals surface area contributed by atoms with E-state index in [4.69, 9.17) is 0 Å². The molecule has 1 amide bonds. The second kappa shape index (κ2) is 10.0. The van der Waals surface area contributed by atoms with Crippen LogP contribution in [0.3, 0.4) is 0 Å². The normalized spacial score (nSPS) is 11.3. The van der Waals surface area contributed by atoms with Gasteiger partial charge < -0.3 is 5.32 Å². The Bertz CT molecular complexity index is 1230. The van der Waals surface area contributed by atoms with Crippen LogP contribution in [0.2, 0.25) is 0 Å². The summed E-state index contributed by atoms with van der Waals surface area (Å²) in [5, 5.41) is 13.5. The van der Waals surface area contributed by atoms with Crippen molar-refractivity contribution in [2.75, 3.05) is 11.9 Å². The molecule has 3 aromatic carbocycles. The van der Waals surface area contributed by atoms with Gasteiger partial charge in [-0.1, -0.05) is 51.8 Å². The maximum Gasteiger partial charge on any atom is 0.271 e. The van der Waals surface area contributed by atoms with E-state index in [0.29, 0.717) is 0 Å². The van der Waals surface area contributed by atoms with Crippen molar-refractivity contribution in [1.29, 1.82) is 0 Å². The van der Waals surface area contributed by atoms with Gasteiger partial charge in [-0.05, 0) is 42.8 Å². The predicted molar refractivity (Wildman–Crippen MR) is 125 cm³/mol. The van der Waals surface area contributed by atoms with Gasteiger partial charge in [-0.2, -0.15) is 4.31 Å². The van der Waals surface area contributed by atoms with Crippen molar-refractivity contribution in [2.24, 2.45) is 0 Å². The Labute approximate surface area is 194 Å². The third-order valence-corrected chi connectivity index (χ3v) is 6.93. The number of hydrogen-bond donors (Lipinski definition) is 1. The number of anilines is 1. The lowest BCUT2D eigenvalue weighted by Gasteiger charge is -2.22. The van der Waals surface area contributed by atoms with Crippen LogP contribution in [0.1, 0.15) is 11.1 Å². The second-order valence-corrected chi connectivity index (χ2v) is 9.92. The first-order valence-corrected chi connectivity index (χ1v) is 11.7. The number of sulfonamides is 1. The first kappa shape index (κ1) is 23.6. The fraction of sp³-hybridized carbons (Fsp3) is 0.136. The molecule has 0 aliphatic carbocycles. The zero-order valence-electron chi connectivity index (χ0n) is 17.1. The van der Waals surface area contributed by atoms with Crippen LogP contribution in [0.25, 0.3) is 0 Å². The maximum absolute atomic E-state index is 13.3. The molecule has 10 heteroatoms. The minimum atomic E-state index is -3.99. The highest BCUT2D eigenvalue weighted by Gasteiger charge is 2.27. The third kappa shape index (κ3) is 6.00. The van der Waals surface area contributed by atoms with Gasteiger partial charge in [0.1, 0.15) is 0 Å². The molecule has 0 heterocycles. The topological polar surface area (TPSA) is 110 Å². The van der Waals surface area contributed by atoms with Gasteiger partial charge in [0.2, 0.25) is 15.9 Å². The number of carbonyl (C=O) groups excluding carboxylic acids is 1. The Morgan fingerprint density at radius 1 is 1.06 bits per heavy atom. The highest BCUT2D eigenvalue weighted by molar-refractivity contribution is 9.10.